The Hall–Kier alpha value is -0.890. The van der Waals surface area contributed by atoms with E-state index < -0.39 is 11.1 Å². The molecule has 1 rings (SSSR count). The normalized spacial score (nSPS) is 8.69. The maximum atomic E-state index is 12.7. The Morgan fingerprint density at radius 1 is 1.38 bits per heavy atom. The Bertz CT molecular complexity index is 297. The molecule has 0 saturated heterocycles. The summed E-state index contributed by atoms with van der Waals surface area (Å²) < 4.78 is 12.7. The molecule has 0 aliphatic rings. The maximum absolute atomic E-state index is 12.7. The first-order valence-electron chi connectivity index (χ1n) is 4.07. The minimum atomic E-state index is -0.758. The van der Waals surface area contributed by atoms with Crippen molar-refractivity contribution in [1.82, 2.24) is 0 Å². The molecule has 1 nitrogen and oxygen atoms in total. The molecule has 0 aliphatic heterocycles. The molecule has 0 bridgehead atoms. The van der Waals surface area contributed by atoms with E-state index >= 15 is 0 Å². The Kier molecular flexibility index (Phi) is 5.31. The van der Waals surface area contributed by atoms with Gasteiger partial charge in [-0.05, 0) is 30.7 Å². The zero-order valence-electron chi connectivity index (χ0n) is 7.90. The summed E-state index contributed by atoms with van der Waals surface area (Å²) in [6.07, 6.45) is 0. The van der Waals surface area contributed by atoms with Crippen LogP contribution in [0.2, 0.25) is 0 Å². The minimum Gasteiger partial charge on any atom is -0.275 e. The van der Waals surface area contributed by atoms with Gasteiger partial charge in [0.1, 0.15) is 5.82 Å². The minimum absolute atomic E-state index is 0.0633. The van der Waals surface area contributed by atoms with E-state index in [1.54, 1.807) is 13.0 Å². The Morgan fingerprint density at radius 2 is 1.92 bits per heavy atom. The summed E-state index contributed by atoms with van der Waals surface area (Å²) in [6, 6.07) is 4.23. The summed E-state index contributed by atoms with van der Waals surface area (Å²) in [5, 5.41) is -0.758. The smallest absolute Gasteiger partial charge is 0.255 e. The summed E-state index contributed by atoms with van der Waals surface area (Å²) in [7, 11) is 0. The van der Waals surface area contributed by atoms with Crippen molar-refractivity contribution >= 4 is 16.8 Å². The van der Waals surface area contributed by atoms with Crippen LogP contribution in [-0.2, 0) is 0 Å². The molecule has 0 unspecified atom stereocenters. The zero-order valence-corrected chi connectivity index (χ0v) is 8.65. The average molecular weight is 203 g/mol. The third-order valence-electron chi connectivity index (χ3n) is 1.33. The van der Waals surface area contributed by atoms with Crippen LogP contribution in [0, 0.1) is 12.7 Å². The highest BCUT2D eigenvalue weighted by Crippen LogP contribution is 2.11. The molecule has 0 aliphatic carbocycles. The third-order valence-corrected chi connectivity index (χ3v) is 1.54. The van der Waals surface area contributed by atoms with Crippen molar-refractivity contribution in [2.75, 3.05) is 0 Å². The fourth-order valence-electron chi connectivity index (χ4n) is 0.790. The highest BCUT2D eigenvalue weighted by Gasteiger charge is 2.07. The molecule has 0 N–H and O–H groups in total. The number of hydrogen-bond donors (Lipinski definition) is 0. The lowest BCUT2D eigenvalue weighted by Crippen LogP contribution is -1.94. The molecule has 72 valence electrons. The second-order valence-electron chi connectivity index (χ2n) is 2.26. The second-order valence-corrected chi connectivity index (χ2v) is 2.60. The number of carbonyl (C=O) groups is 1. The van der Waals surface area contributed by atoms with Crippen molar-refractivity contribution in [3.05, 3.63) is 35.1 Å². The number of halogens is 2. The standard InChI is InChI=1S/C8H6ClFO.C2H6/c1-5-2-3-7(10)6(4-5)8(9)11;1-2/h2-4H,1H3;1-2H3. The molecule has 3 heteroatoms. The van der Waals surface area contributed by atoms with Gasteiger partial charge >= 0.3 is 0 Å². The van der Waals surface area contributed by atoms with E-state index in [-0.39, 0.29) is 5.56 Å². The summed E-state index contributed by atoms with van der Waals surface area (Å²) in [4.78, 5) is 10.5. The lowest BCUT2D eigenvalue weighted by atomic mass is 10.1. The van der Waals surface area contributed by atoms with Crippen molar-refractivity contribution < 1.29 is 9.18 Å². The first-order chi connectivity index (χ1) is 6.11. The third kappa shape index (κ3) is 3.55. The van der Waals surface area contributed by atoms with Gasteiger partial charge in [0.15, 0.2) is 0 Å². The largest absolute Gasteiger partial charge is 0.275 e. The van der Waals surface area contributed by atoms with Gasteiger partial charge in [0.2, 0.25) is 0 Å². The van der Waals surface area contributed by atoms with Crippen LogP contribution < -0.4 is 0 Å². The molecule has 0 spiro atoms. The van der Waals surface area contributed by atoms with E-state index in [0.717, 1.165) is 5.56 Å². The quantitative estimate of drug-likeness (QED) is 0.637. The van der Waals surface area contributed by atoms with Gasteiger partial charge in [-0.3, -0.25) is 4.79 Å². The lowest BCUT2D eigenvalue weighted by molar-refractivity contribution is 0.107. The van der Waals surface area contributed by atoms with Crippen molar-refractivity contribution in [2.45, 2.75) is 20.8 Å². The van der Waals surface area contributed by atoms with Crippen LogP contribution in [0.25, 0.3) is 0 Å². The van der Waals surface area contributed by atoms with Crippen LogP contribution in [0.3, 0.4) is 0 Å². The Balaban J connectivity index is 0.000000671. The summed E-state index contributed by atoms with van der Waals surface area (Å²) >= 11 is 5.10. The van der Waals surface area contributed by atoms with E-state index in [1.807, 2.05) is 13.8 Å². The van der Waals surface area contributed by atoms with E-state index in [0.29, 0.717) is 0 Å². The van der Waals surface area contributed by atoms with Gasteiger partial charge in [-0.2, -0.15) is 0 Å². The van der Waals surface area contributed by atoms with Gasteiger partial charge in [0, 0.05) is 0 Å². The molecule has 13 heavy (non-hydrogen) atoms. The molecular formula is C10H12ClFO. The predicted octanol–water partition coefficient (Wildman–Crippen LogP) is 3.54. The highest BCUT2D eigenvalue weighted by atomic mass is 35.5. The summed E-state index contributed by atoms with van der Waals surface area (Å²) in [5.41, 5.74) is 0.752. The summed E-state index contributed by atoms with van der Waals surface area (Å²) in [6.45, 7) is 5.77. The van der Waals surface area contributed by atoms with Crippen LogP contribution in [0.4, 0.5) is 4.39 Å². The van der Waals surface area contributed by atoms with Crippen molar-refractivity contribution in [1.29, 1.82) is 0 Å². The van der Waals surface area contributed by atoms with Crippen molar-refractivity contribution in [3.8, 4) is 0 Å². The van der Waals surface area contributed by atoms with Crippen LogP contribution in [0.15, 0.2) is 18.2 Å². The van der Waals surface area contributed by atoms with Crippen LogP contribution >= 0.6 is 11.6 Å². The first kappa shape index (κ1) is 12.1. The number of aryl methyl sites for hydroxylation is 1. The molecule has 0 fully saturated rings. The van der Waals surface area contributed by atoms with Gasteiger partial charge in [-0.1, -0.05) is 25.5 Å². The first-order valence-corrected chi connectivity index (χ1v) is 4.45. The summed E-state index contributed by atoms with van der Waals surface area (Å²) in [5.74, 6) is -0.574. The highest BCUT2D eigenvalue weighted by molar-refractivity contribution is 6.67. The fourth-order valence-corrected chi connectivity index (χ4v) is 0.935. The molecule has 0 amide bonds. The van der Waals surface area contributed by atoms with Gasteiger partial charge in [-0.25, -0.2) is 4.39 Å². The second kappa shape index (κ2) is 5.70. The number of rotatable bonds is 1. The van der Waals surface area contributed by atoms with Gasteiger partial charge in [-0.15, -0.1) is 0 Å². The fraction of sp³-hybridized carbons (Fsp3) is 0.300. The van der Waals surface area contributed by atoms with Crippen LogP contribution in [0.1, 0.15) is 29.8 Å². The molecule has 1 aromatic rings. The zero-order chi connectivity index (χ0) is 10.4. The van der Waals surface area contributed by atoms with E-state index in [9.17, 15) is 9.18 Å². The predicted molar refractivity (Wildman–Crippen MR) is 52.7 cm³/mol. The van der Waals surface area contributed by atoms with E-state index in [2.05, 4.69) is 0 Å². The number of hydrogen-bond acceptors (Lipinski definition) is 1. The monoisotopic (exact) mass is 202 g/mol. The molecule has 0 saturated carbocycles. The molecule has 1 aromatic carbocycles. The SMILES string of the molecule is CC.Cc1ccc(F)c(C(=O)Cl)c1. The van der Waals surface area contributed by atoms with Gasteiger partial charge in [0.05, 0.1) is 5.56 Å². The molecule has 0 atom stereocenters. The number of benzene rings is 1. The Labute approximate surface area is 82.5 Å². The molecule has 0 aromatic heterocycles. The topological polar surface area (TPSA) is 17.1 Å². The van der Waals surface area contributed by atoms with Gasteiger partial charge in [0.25, 0.3) is 5.24 Å². The number of carbonyl (C=O) groups excluding carboxylic acids is 1. The van der Waals surface area contributed by atoms with Crippen LogP contribution in [0.5, 0.6) is 0 Å². The van der Waals surface area contributed by atoms with Gasteiger partial charge < -0.3 is 0 Å². The Morgan fingerprint density at radius 3 is 2.31 bits per heavy atom. The van der Waals surface area contributed by atoms with E-state index in [1.165, 1.54) is 12.1 Å². The van der Waals surface area contributed by atoms with E-state index in [4.69, 9.17) is 11.6 Å². The maximum Gasteiger partial charge on any atom is 0.255 e. The molecule has 0 radical (unpaired) electrons. The molecular weight excluding hydrogens is 191 g/mol. The molecule has 0 heterocycles. The van der Waals surface area contributed by atoms with Crippen molar-refractivity contribution in [3.63, 3.8) is 0 Å². The van der Waals surface area contributed by atoms with Crippen LogP contribution in [-0.4, -0.2) is 5.24 Å². The average Bonchev–Trinajstić information content (AvgIpc) is 2.12. The lowest BCUT2D eigenvalue weighted by Gasteiger charge is -1.97. The van der Waals surface area contributed by atoms with Crippen molar-refractivity contribution in [2.24, 2.45) is 0 Å².